The molecule has 0 amide bonds. The molecule has 0 saturated carbocycles. The lowest BCUT2D eigenvalue weighted by molar-refractivity contribution is 0.173. The first kappa shape index (κ1) is 17.6. The van der Waals surface area contributed by atoms with E-state index in [9.17, 15) is 10.2 Å². The van der Waals surface area contributed by atoms with Gasteiger partial charge in [0.2, 0.25) is 0 Å². The van der Waals surface area contributed by atoms with Crippen LogP contribution in [0.1, 0.15) is 17.5 Å². The number of aromatic nitrogens is 2. The van der Waals surface area contributed by atoms with E-state index in [-0.39, 0.29) is 6.61 Å². The molecule has 1 unspecified atom stereocenters. The van der Waals surface area contributed by atoms with Crippen molar-refractivity contribution in [2.24, 2.45) is 5.73 Å². The maximum absolute atomic E-state index is 9.75. The Morgan fingerprint density at radius 3 is 2.41 bits per heavy atom. The van der Waals surface area contributed by atoms with Gasteiger partial charge in [0.25, 0.3) is 0 Å². The van der Waals surface area contributed by atoms with Crippen LogP contribution in [0.15, 0.2) is 55.0 Å². The zero-order valence-corrected chi connectivity index (χ0v) is 14.9. The Morgan fingerprint density at radius 1 is 1.00 bits per heavy atom. The van der Waals surface area contributed by atoms with Crippen LogP contribution in [0.5, 0.6) is 0 Å². The Kier molecular flexibility index (Phi) is 4.85. The van der Waals surface area contributed by atoms with Crippen LogP contribution >= 0.6 is 0 Å². The smallest absolute Gasteiger partial charge is 0.182 e. The molecule has 4 rings (SSSR count). The standard InChI is InChI=1S/C21H22N4O2/c22-21(27)25-7-1-2-16-8-19(12-24-20(16)25)18-9-17(10-23-11-18)15-5-3-14(13-26)4-6-15/h3-6,8-12,21,26-27H,1-2,7,13,22H2. The molecule has 1 atom stereocenters. The van der Waals surface area contributed by atoms with Crippen molar-refractivity contribution in [3.63, 3.8) is 0 Å². The van der Waals surface area contributed by atoms with E-state index < -0.39 is 6.35 Å². The number of fused-ring (bicyclic) bond motifs is 1. The first-order chi connectivity index (χ1) is 13.2. The Labute approximate surface area is 157 Å². The van der Waals surface area contributed by atoms with Gasteiger partial charge in [-0.3, -0.25) is 10.7 Å². The number of rotatable bonds is 4. The predicted octanol–water partition coefficient (Wildman–Crippen LogP) is 2.29. The van der Waals surface area contributed by atoms with E-state index in [1.807, 2.05) is 36.7 Å². The summed E-state index contributed by atoms with van der Waals surface area (Å²) in [6, 6.07) is 12.0. The molecule has 3 heterocycles. The van der Waals surface area contributed by atoms with Crippen LogP contribution < -0.4 is 10.6 Å². The van der Waals surface area contributed by atoms with Crippen LogP contribution in [0.2, 0.25) is 0 Å². The first-order valence-corrected chi connectivity index (χ1v) is 9.00. The fourth-order valence-corrected chi connectivity index (χ4v) is 3.47. The van der Waals surface area contributed by atoms with E-state index in [2.05, 4.69) is 22.1 Å². The molecule has 1 aliphatic rings. The monoisotopic (exact) mass is 362 g/mol. The average Bonchev–Trinajstić information content (AvgIpc) is 2.73. The minimum absolute atomic E-state index is 0.0356. The molecule has 27 heavy (non-hydrogen) atoms. The van der Waals surface area contributed by atoms with Crippen molar-refractivity contribution in [3.05, 3.63) is 66.1 Å². The fourth-order valence-electron chi connectivity index (χ4n) is 3.47. The summed E-state index contributed by atoms with van der Waals surface area (Å²) >= 11 is 0. The number of nitrogens with two attached hydrogens (primary N) is 1. The van der Waals surface area contributed by atoms with Crippen LogP contribution in [-0.2, 0) is 13.0 Å². The number of benzene rings is 1. The van der Waals surface area contributed by atoms with Crippen LogP contribution in [0.4, 0.5) is 5.82 Å². The van der Waals surface area contributed by atoms with Gasteiger partial charge in [-0.15, -0.1) is 0 Å². The molecule has 0 spiro atoms. The van der Waals surface area contributed by atoms with Crippen molar-refractivity contribution in [1.82, 2.24) is 9.97 Å². The van der Waals surface area contributed by atoms with Crippen molar-refractivity contribution >= 4 is 5.82 Å². The van der Waals surface area contributed by atoms with Gasteiger partial charge in [0.15, 0.2) is 6.35 Å². The average molecular weight is 362 g/mol. The number of hydrogen-bond donors (Lipinski definition) is 3. The molecule has 2 aromatic heterocycles. The second kappa shape index (κ2) is 7.44. The molecule has 0 aliphatic carbocycles. The van der Waals surface area contributed by atoms with Crippen LogP contribution in [-0.4, -0.2) is 33.1 Å². The highest BCUT2D eigenvalue weighted by Gasteiger charge is 2.22. The van der Waals surface area contributed by atoms with Gasteiger partial charge in [-0.25, -0.2) is 4.98 Å². The summed E-state index contributed by atoms with van der Waals surface area (Å²) in [6.07, 6.45) is 6.27. The molecule has 4 N–H and O–H groups in total. The maximum Gasteiger partial charge on any atom is 0.182 e. The number of anilines is 1. The number of nitrogens with zero attached hydrogens (tertiary/aromatic N) is 3. The van der Waals surface area contributed by atoms with Gasteiger partial charge in [-0.05, 0) is 41.7 Å². The molecule has 0 fully saturated rings. The van der Waals surface area contributed by atoms with Crippen molar-refractivity contribution in [2.45, 2.75) is 25.8 Å². The summed E-state index contributed by atoms with van der Waals surface area (Å²) in [6.45, 7) is 0.742. The van der Waals surface area contributed by atoms with Crippen molar-refractivity contribution in [2.75, 3.05) is 11.4 Å². The molecular weight excluding hydrogens is 340 g/mol. The third-order valence-corrected chi connectivity index (χ3v) is 4.92. The molecule has 0 radical (unpaired) electrons. The number of aliphatic hydroxyl groups excluding tert-OH is 2. The Hall–Kier alpha value is -2.80. The normalized spacial score (nSPS) is 14.7. The summed E-state index contributed by atoms with van der Waals surface area (Å²) in [5, 5.41) is 18.9. The third-order valence-electron chi connectivity index (χ3n) is 4.92. The van der Waals surface area contributed by atoms with Crippen molar-refractivity contribution in [3.8, 4) is 22.3 Å². The van der Waals surface area contributed by atoms with Gasteiger partial charge >= 0.3 is 0 Å². The predicted molar refractivity (Wildman–Crippen MR) is 105 cm³/mol. The van der Waals surface area contributed by atoms with Crippen molar-refractivity contribution in [1.29, 1.82) is 0 Å². The number of aliphatic hydroxyl groups is 2. The topological polar surface area (TPSA) is 95.5 Å². The highest BCUT2D eigenvalue weighted by Crippen LogP contribution is 2.31. The molecule has 1 aromatic carbocycles. The van der Waals surface area contributed by atoms with Crippen LogP contribution in [0.3, 0.4) is 0 Å². The zero-order chi connectivity index (χ0) is 18.8. The van der Waals surface area contributed by atoms with E-state index in [4.69, 9.17) is 5.73 Å². The van der Waals surface area contributed by atoms with Gasteiger partial charge in [0.1, 0.15) is 5.82 Å². The highest BCUT2D eigenvalue weighted by atomic mass is 16.3. The number of hydrogen-bond acceptors (Lipinski definition) is 6. The second-order valence-corrected chi connectivity index (χ2v) is 6.73. The lowest BCUT2D eigenvalue weighted by Crippen LogP contribution is -2.45. The maximum atomic E-state index is 9.75. The van der Waals surface area contributed by atoms with E-state index in [0.717, 1.165) is 52.0 Å². The highest BCUT2D eigenvalue weighted by molar-refractivity contribution is 5.73. The first-order valence-electron chi connectivity index (χ1n) is 9.00. The summed E-state index contributed by atoms with van der Waals surface area (Å²) < 4.78 is 0. The van der Waals surface area contributed by atoms with E-state index in [1.54, 1.807) is 11.1 Å². The lowest BCUT2D eigenvalue weighted by Gasteiger charge is -2.32. The van der Waals surface area contributed by atoms with Crippen molar-refractivity contribution < 1.29 is 10.2 Å². The summed E-state index contributed by atoms with van der Waals surface area (Å²) in [4.78, 5) is 10.7. The van der Waals surface area contributed by atoms with Gasteiger partial charge in [-0.2, -0.15) is 0 Å². The molecule has 0 bridgehead atoms. The Bertz CT molecular complexity index is 941. The molecule has 3 aromatic rings. The molecule has 6 nitrogen and oxygen atoms in total. The van der Waals surface area contributed by atoms with Gasteiger partial charge < -0.3 is 15.1 Å². The summed E-state index contributed by atoms with van der Waals surface area (Å²) in [5.41, 5.74) is 11.6. The quantitative estimate of drug-likeness (QED) is 0.617. The third kappa shape index (κ3) is 3.55. The minimum Gasteiger partial charge on any atom is -0.392 e. The van der Waals surface area contributed by atoms with Gasteiger partial charge in [0.05, 0.1) is 6.61 Å². The lowest BCUT2D eigenvalue weighted by atomic mass is 9.99. The number of pyridine rings is 2. The minimum atomic E-state index is -1.03. The van der Waals surface area contributed by atoms with E-state index >= 15 is 0 Å². The van der Waals surface area contributed by atoms with Crippen LogP contribution in [0.25, 0.3) is 22.3 Å². The molecular formula is C21H22N4O2. The summed E-state index contributed by atoms with van der Waals surface area (Å²) in [7, 11) is 0. The zero-order valence-electron chi connectivity index (χ0n) is 14.9. The number of aryl methyl sites for hydroxylation is 1. The second-order valence-electron chi connectivity index (χ2n) is 6.73. The molecule has 6 heteroatoms. The molecule has 138 valence electrons. The Morgan fingerprint density at radius 2 is 1.70 bits per heavy atom. The van der Waals surface area contributed by atoms with Crippen LogP contribution in [0, 0.1) is 0 Å². The van der Waals surface area contributed by atoms with Gasteiger partial charge in [-0.1, -0.05) is 24.3 Å². The van der Waals surface area contributed by atoms with Gasteiger partial charge in [0, 0.05) is 41.8 Å². The van der Waals surface area contributed by atoms with E-state index in [1.165, 1.54) is 0 Å². The molecule has 1 aliphatic heterocycles. The Balaban J connectivity index is 1.68. The largest absolute Gasteiger partial charge is 0.392 e. The van der Waals surface area contributed by atoms with E-state index in [0.29, 0.717) is 6.54 Å². The summed E-state index contributed by atoms with van der Waals surface area (Å²) in [5.74, 6) is 0.753. The molecule has 0 saturated heterocycles. The SMILES string of the molecule is NC(O)N1CCCc2cc(-c3cncc(-c4ccc(CO)cc4)c3)cnc21. The fraction of sp³-hybridized carbons (Fsp3) is 0.238.